The number of aromatic nitrogens is 2. The summed E-state index contributed by atoms with van der Waals surface area (Å²) in [4.78, 5) is 3.68. The molecule has 2 rings (SSSR count). The molecule has 1 aromatic carbocycles. The molecule has 0 bridgehead atoms. The maximum Gasteiger partial charge on any atom is 0.424 e. The van der Waals surface area contributed by atoms with E-state index >= 15 is 0 Å². The second kappa shape index (κ2) is 6.94. The molecule has 0 amide bonds. The summed E-state index contributed by atoms with van der Waals surface area (Å²) in [6.07, 6.45) is -2.68. The molecule has 0 fully saturated rings. The van der Waals surface area contributed by atoms with E-state index in [-0.39, 0.29) is 6.54 Å². The molecule has 0 spiro atoms. The van der Waals surface area contributed by atoms with Gasteiger partial charge in [0.1, 0.15) is 5.82 Å². The fourth-order valence-electron chi connectivity index (χ4n) is 2.64. The zero-order valence-corrected chi connectivity index (χ0v) is 14.0. The maximum atomic E-state index is 13.4. The molecule has 132 valence electrons. The predicted octanol–water partition coefficient (Wildman–Crippen LogP) is 2.97. The van der Waals surface area contributed by atoms with Gasteiger partial charge in [-0.25, -0.2) is 4.98 Å². The number of hydrogen-bond donors (Lipinski definition) is 2. The van der Waals surface area contributed by atoms with Crippen LogP contribution in [0.1, 0.15) is 28.9 Å². The number of hydrogen-bond acceptors (Lipinski definition) is 3. The lowest BCUT2D eigenvalue weighted by atomic mass is 9.97. The molecule has 0 aliphatic rings. The Morgan fingerprint density at radius 2 is 1.96 bits per heavy atom. The van der Waals surface area contributed by atoms with E-state index < -0.39 is 24.0 Å². The minimum Gasteiger partial charge on any atom is -0.374 e. The highest BCUT2D eigenvalue weighted by molar-refractivity contribution is 5.32. The van der Waals surface area contributed by atoms with Gasteiger partial charge in [0.05, 0.1) is 0 Å². The first-order chi connectivity index (χ1) is 11.2. The maximum absolute atomic E-state index is 13.4. The van der Waals surface area contributed by atoms with E-state index in [0.717, 1.165) is 16.7 Å². The molecular weight excluding hydrogens is 319 g/mol. The van der Waals surface area contributed by atoms with Crippen molar-refractivity contribution in [2.75, 3.05) is 6.54 Å². The summed E-state index contributed by atoms with van der Waals surface area (Å²) in [5.41, 5.74) is 0.303. The number of aryl methyl sites for hydroxylation is 2. The fourth-order valence-corrected chi connectivity index (χ4v) is 2.64. The number of halogens is 3. The molecule has 0 saturated carbocycles. The molecule has 0 radical (unpaired) electrons. The lowest BCUT2D eigenvalue weighted by Gasteiger charge is -2.30. The third kappa shape index (κ3) is 3.62. The van der Waals surface area contributed by atoms with E-state index in [1.54, 1.807) is 0 Å². The van der Waals surface area contributed by atoms with Crippen LogP contribution in [-0.2, 0) is 19.2 Å². The van der Waals surface area contributed by atoms with E-state index in [9.17, 15) is 18.3 Å². The van der Waals surface area contributed by atoms with Crippen LogP contribution in [-0.4, -0.2) is 27.4 Å². The Bertz CT molecular complexity index is 697. The number of benzene rings is 1. The Kier molecular flexibility index (Phi) is 5.35. The average molecular weight is 341 g/mol. The van der Waals surface area contributed by atoms with Crippen LogP contribution in [0.4, 0.5) is 13.2 Å². The highest BCUT2D eigenvalue weighted by atomic mass is 19.4. The van der Waals surface area contributed by atoms with Crippen molar-refractivity contribution in [2.45, 2.75) is 38.6 Å². The van der Waals surface area contributed by atoms with Gasteiger partial charge in [-0.1, -0.05) is 18.2 Å². The van der Waals surface area contributed by atoms with Gasteiger partial charge in [0.15, 0.2) is 0 Å². The molecule has 2 aromatic rings. The minimum atomic E-state index is -4.80. The van der Waals surface area contributed by atoms with Crippen LogP contribution in [0.2, 0.25) is 0 Å². The van der Waals surface area contributed by atoms with E-state index in [0.29, 0.717) is 6.54 Å². The summed E-state index contributed by atoms with van der Waals surface area (Å²) in [6.45, 7) is 4.42. The number of imidazole rings is 1. The highest BCUT2D eigenvalue weighted by Crippen LogP contribution is 2.40. The van der Waals surface area contributed by atoms with Gasteiger partial charge >= 0.3 is 6.18 Å². The van der Waals surface area contributed by atoms with Crippen LogP contribution in [0.5, 0.6) is 0 Å². The Morgan fingerprint density at radius 3 is 2.54 bits per heavy atom. The van der Waals surface area contributed by atoms with E-state index in [2.05, 4.69) is 10.3 Å². The molecule has 1 heterocycles. The van der Waals surface area contributed by atoms with Crippen molar-refractivity contribution in [3.05, 3.63) is 53.1 Å². The molecule has 0 unspecified atom stereocenters. The summed E-state index contributed by atoms with van der Waals surface area (Å²) in [5, 5.41) is 13.2. The van der Waals surface area contributed by atoms with Gasteiger partial charge in [-0.2, -0.15) is 13.2 Å². The predicted molar refractivity (Wildman–Crippen MR) is 85.4 cm³/mol. The lowest BCUT2D eigenvalue weighted by Crippen LogP contribution is -2.46. The van der Waals surface area contributed by atoms with Gasteiger partial charge < -0.3 is 15.0 Å². The van der Waals surface area contributed by atoms with Crippen LogP contribution in [0, 0.1) is 13.8 Å². The second-order valence-electron chi connectivity index (χ2n) is 6.01. The smallest absolute Gasteiger partial charge is 0.374 e. The molecule has 0 aliphatic heterocycles. The summed E-state index contributed by atoms with van der Waals surface area (Å²) in [6, 6.07) is 5.84. The topological polar surface area (TPSA) is 50.1 Å². The van der Waals surface area contributed by atoms with E-state index in [4.69, 9.17) is 0 Å². The molecule has 0 aliphatic carbocycles. The van der Waals surface area contributed by atoms with Crippen molar-refractivity contribution in [2.24, 2.45) is 7.05 Å². The zero-order chi connectivity index (χ0) is 18.0. The molecule has 2 N–H and O–H groups in total. The van der Waals surface area contributed by atoms with Gasteiger partial charge in [-0.15, -0.1) is 0 Å². The van der Waals surface area contributed by atoms with Gasteiger partial charge in [-0.3, -0.25) is 0 Å². The van der Waals surface area contributed by atoms with Crippen LogP contribution in [0.3, 0.4) is 0 Å². The van der Waals surface area contributed by atoms with Crippen molar-refractivity contribution >= 4 is 0 Å². The van der Waals surface area contributed by atoms with Crippen molar-refractivity contribution in [3.8, 4) is 0 Å². The summed E-state index contributed by atoms with van der Waals surface area (Å²) >= 11 is 0. The van der Waals surface area contributed by atoms with Gasteiger partial charge in [0, 0.05) is 32.4 Å². The molecule has 24 heavy (non-hydrogen) atoms. The largest absolute Gasteiger partial charge is 0.424 e. The second-order valence-corrected chi connectivity index (χ2v) is 6.01. The van der Waals surface area contributed by atoms with Crippen molar-refractivity contribution in [3.63, 3.8) is 0 Å². The number of rotatable bonds is 6. The lowest BCUT2D eigenvalue weighted by molar-refractivity contribution is -0.272. The minimum absolute atomic E-state index is 0.0102. The number of aliphatic hydroxyl groups is 1. The zero-order valence-electron chi connectivity index (χ0n) is 14.0. The van der Waals surface area contributed by atoms with Gasteiger partial charge in [0.25, 0.3) is 0 Å². The van der Waals surface area contributed by atoms with Crippen LogP contribution >= 0.6 is 0 Å². The number of alkyl halides is 3. The monoisotopic (exact) mass is 341 g/mol. The normalized spacial score (nSPS) is 14.6. The molecule has 1 atom stereocenters. The molecule has 1 aromatic heterocycles. The molecule has 7 heteroatoms. The van der Waals surface area contributed by atoms with Crippen LogP contribution < -0.4 is 5.32 Å². The molecular formula is C17H22F3N3O. The Hall–Kier alpha value is -1.86. The SMILES string of the molecule is Cc1cccc(CNCC[C@](O)(c2nccn2C)C(F)(F)F)c1C. The van der Waals surface area contributed by atoms with Crippen molar-refractivity contribution in [1.29, 1.82) is 0 Å². The van der Waals surface area contributed by atoms with Crippen molar-refractivity contribution in [1.82, 2.24) is 14.9 Å². The number of nitrogens with zero attached hydrogens (tertiary/aromatic N) is 2. The molecule has 0 saturated heterocycles. The standard InChI is InChI=1S/C17H22F3N3O/c1-12-5-4-6-14(13(12)2)11-21-8-7-16(24,17(18,19)20)15-22-9-10-23(15)3/h4-6,9-10,21,24H,7-8,11H2,1-3H3/t16-/m0/s1. The third-order valence-corrected chi connectivity index (χ3v) is 4.36. The fraction of sp³-hybridized carbons (Fsp3) is 0.471. The number of nitrogens with one attached hydrogen (secondary N) is 1. The first-order valence-electron chi connectivity index (χ1n) is 7.69. The molecule has 4 nitrogen and oxygen atoms in total. The summed E-state index contributed by atoms with van der Waals surface area (Å²) in [7, 11) is 1.43. The van der Waals surface area contributed by atoms with Crippen LogP contribution in [0.15, 0.2) is 30.6 Å². The highest BCUT2D eigenvalue weighted by Gasteiger charge is 2.56. The first kappa shape index (κ1) is 18.5. The van der Waals surface area contributed by atoms with E-state index in [1.165, 1.54) is 24.0 Å². The summed E-state index contributed by atoms with van der Waals surface area (Å²) < 4.78 is 41.3. The Balaban J connectivity index is 2.05. The average Bonchev–Trinajstić information content (AvgIpc) is 2.93. The van der Waals surface area contributed by atoms with Crippen molar-refractivity contribution < 1.29 is 18.3 Å². The van der Waals surface area contributed by atoms with Gasteiger partial charge in [0.2, 0.25) is 5.60 Å². The summed E-state index contributed by atoms with van der Waals surface area (Å²) in [5.74, 6) is -0.400. The Labute approximate surface area is 139 Å². The Morgan fingerprint density at radius 1 is 1.25 bits per heavy atom. The quantitative estimate of drug-likeness (QED) is 0.794. The first-order valence-corrected chi connectivity index (χ1v) is 7.69. The van der Waals surface area contributed by atoms with Crippen LogP contribution in [0.25, 0.3) is 0 Å². The van der Waals surface area contributed by atoms with Gasteiger partial charge in [-0.05, 0) is 37.1 Å². The third-order valence-electron chi connectivity index (χ3n) is 4.36. The van der Waals surface area contributed by atoms with E-state index in [1.807, 2.05) is 32.0 Å².